The second kappa shape index (κ2) is 9.46. The topological polar surface area (TPSA) is 38.1 Å². The van der Waals surface area contributed by atoms with Gasteiger partial charge in [-0.25, -0.2) is 4.98 Å². The average molecular weight is 452 g/mol. The Bertz CT molecular complexity index is 1290. The number of rotatable bonds is 7. The molecule has 0 N–H and O–H groups in total. The Balaban J connectivity index is 1.45. The molecular formula is C30H33N3O. The molecule has 0 bridgehead atoms. The van der Waals surface area contributed by atoms with Gasteiger partial charge in [0.05, 0.1) is 11.0 Å². The lowest BCUT2D eigenvalue weighted by molar-refractivity contribution is -0.117. The van der Waals surface area contributed by atoms with Crippen molar-refractivity contribution in [2.24, 2.45) is 0 Å². The number of nitrogens with zero attached hydrogens (tertiary/aromatic N) is 3. The summed E-state index contributed by atoms with van der Waals surface area (Å²) < 4.78 is 2.31. The Morgan fingerprint density at radius 1 is 0.941 bits per heavy atom. The molecule has 34 heavy (non-hydrogen) atoms. The van der Waals surface area contributed by atoms with Gasteiger partial charge in [-0.05, 0) is 59.7 Å². The normalized spacial score (nSPS) is 17.0. The van der Waals surface area contributed by atoms with Crippen LogP contribution in [0.4, 0.5) is 5.69 Å². The molecule has 1 aromatic heterocycles. The maximum absolute atomic E-state index is 13.0. The largest absolute Gasteiger partial charge is 0.323 e. The summed E-state index contributed by atoms with van der Waals surface area (Å²) in [5.74, 6) is 1.82. The standard InChI is InChI=1S/C30H33N3O/c1-4-21(3)24-14-10-23(11-15-24)19-33-28-9-7-6-8-27(28)31-30(33)25-18-29(34)32(20-25)26-16-12-22(5-2)13-17-26/h6-17,21,25H,4-5,18-20H2,1-3H3/t21-,25-/m1/s1. The SMILES string of the molecule is CCc1ccc(N2C[C@H](c3nc4ccccc4n3Cc3ccc([C@H](C)CC)cc3)CC2=O)cc1. The zero-order valence-corrected chi connectivity index (χ0v) is 20.4. The second-order valence-corrected chi connectivity index (χ2v) is 9.52. The van der Waals surface area contributed by atoms with E-state index in [0.717, 1.165) is 41.9 Å². The van der Waals surface area contributed by atoms with E-state index in [1.165, 1.54) is 16.7 Å². The number of aryl methyl sites for hydroxylation is 1. The van der Waals surface area contributed by atoms with Crippen LogP contribution < -0.4 is 4.90 Å². The second-order valence-electron chi connectivity index (χ2n) is 9.52. The molecule has 2 heterocycles. The van der Waals surface area contributed by atoms with Gasteiger partial charge in [-0.1, -0.05) is 69.3 Å². The Morgan fingerprint density at radius 2 is 1.65 bits per heavy atom. The zero-order valence-electron chi connectivity index (χ0n) is 20.4. The molecule has 2 atom stereocenters. The fourth-order valence-corrected chi connectivity index (χ4v) is 4.98. The van der Waals surface area contributed by atoms with E-state index >= 15 is 0 Å². The Hall–Kier alpha value is -3.40. The molecule has 1 aliphatic heterocycles. The molecule has 4 nitrogen and oxygen atoms in total. The van der Waals surface area contributed by atoms with Crippen LogP contribution in [-0.4, -0.2) is 22.0 Å². The predicted octanol–water partition coefficient (Wildman–Crippen LogP) is 6.68. The fourth-order valence-electron chi connectivity index (χ4n) is 4.98. The first-order valence-corrected chi connectivity index (χ1v) is 12.5. The van der Waals surface area contributed by atoms with Gasteiger partial charge in [0.1, 0.15) is 5.82 Å². The molecule has 0 unspecified atom stereocenters. The van der Waals surface area contributed by atoms with Crippen LogP contribution >= 0.6 is 0 Å². The molecule has 1 fully saturated rings. The first-order valence-electron chi connectivity index (χ1n) is 12.5. The Kier molecular flexibility index (Phi) is 6.23. The molecule has 0 spiro atoms. The van der Waals surface area contributed by atoms with Crippen LogP contribution in [0.1, 0.15) is 68.0 Å². The van der Waals surface area contributed by atoms with Crippen molar-refractivity contribution >= 4 is 22.6 Å². The van der Waals surface area contributed by atoms with Crippen LogP contribution in [-0.2, 0) is 17.8 Å². The molecular weight excluding hydrogens is 418 g/mol. The number of hydrogen-bond acceptors (Lipinski definition) is 2. The molecule has 0 saturated carbocycles. The maximum Gasteiger partial charge on any atom is 0.227 e. The van der Waals surface area contributed by atoms with E-state index in [0.29, 0.717) is 18.9 Å². The maximum atomic E-state index is 13.0. The van der Waals surface area contributed by atoms with E-state index in [1.807, 2.05) is 11.0 Å². The summed E-state index contributed by atoms with van der Waals surface area (Å²) in [6.45, 7) is 8.07. The number of para-hydroxylation sites is 2. The minimum absolute atomic E-state index is 0.0742. The number of aromatic nitrogens is 2. The molecule has 0 radical (unpaired) electrons. The highest BCUT2D eigenvalue weighted by atomic mass is 16.2. The van der Waals surface area contributed by atoms with Gasteiger partial charge in [0.2, 0.25) is 5.91 Å². The lowest BCUT2D eigenvalue weighted by Gasteiger charge is -2.18. The third-order valence-corrected chi connectivity index (χ3v) is 7.33. The third kappa shape index (κ3) is 4.25. The predicted molar refractivity (Wildman–Crippen MR) is 140 cm³/mol. The van der Waals surface area contributed by atoms with Crippen molar-refractivity contribution in [1.82, 2.24) is 9.55 Å². The molecule has 0 aliphatic carbocycles. The van der Waals surface area contributed by atoms with Gasteiger partial charge in [0.25, 0.3) is 0 Å². The lowest BCUT2D eigenvalue weighted by atomic mass is 9.97. The van der Waals surface area contributed by atoms with Gasteiger partial charge < -0.3 is 9.47 Å². The minimum Gasteiger partial charge on any atom is -0.323 e. The number of hydrogen-bond donors (Lipinski definition) is 0. The van der Waals surface area contributed by atoms with E-state index in [4.69, 9.17) is 4.98 Å². The number of benzene rings is 3. The monoisotopic (exact) mass is 451 g/mol. The van der Waals surface area contributed by atoms with Gasteiger partial charge in [-0.2, -0.15) is 0 Å². The molecule has 1 amide bonds. The van der Waals surface area contributed by atoms with E-state index in [1.54, 1.807) is 0 Å². The van der Waals surface area contributed by atoms with Crippen molar-refractivity contribution in [3.8, 4) is 0 Å². The summed E-state index contributed by atoms with van der Waals surface area (Å²) in [6, 6.07) is 25.7. The van der Waals surface area contributed by atoms with Crippen LogP contribution in [0, 0.1) is 0 Å². The zero-order chi connectivity index (χ0) is 23.7. The highest BCUT2D eigenvalue weighted by Gasteiger charge is 2.34. The van der Waals surface area contributed by atoms with Crippen molar-refractivity contribution in [3.05, 3.63) is 95.3 Å². The summed E-state index contributed by atoms with van der Waals surface area (Å²) >= 11 is 0. The van der Waals surface area contributed by atoms with Gasteiger partial charge in [-0.3, -0.25) is 4.79 Å². The van der Waals surface area contributed by atoms with Gasteiger partial charge in [0, 0.05) is 31.1 Å². The van der Waals surface area contributed by atoms with Crippen molar-refractivity contribution in [1.29, 1.82) is 0 Å². The summed E-state index contributed by atoms with van der Waals surface area (Å²) in [5, 5.41) is 0. The summed E-state index contributed by atoms with van der Waals surface area (Å²) in [7, 11) is 0. The Labute approximate surface area is 202 Å². The van der Waals surface area contributed by atoms with Gasteiger partial charge in [-0.15, -0.1) is 0 Å². The molecule has 1 aliphatic rings. The number of anilines is 1. The average Bonchev–Trinajstić information content (AvgIpc) is 3.44. The smallest absolute Gasteiger partial charge is 0.227 e. The highest BCUT2D eigenvalue weighted by Crippen LogP contribution is 2.34. The number of imidazole rings is 1. The summed E-state index contributed by atoms with van der Waals surface area (Å²) in [4.78, 5) is 20.0. The molecule has 3 aromatic carbocycles. The van der Waals surface area contributed by atoms with Gasteiger partial charge >= 0.3 is 0 Å². The minimum atomic E-state index is 0.0742. The lowest BCUT2D eigenvalue weighted by Crippen LogP contribution is -2.24. The van der Waals surface area contributed by atoms with Crippen molar-refractivity contribution in [2.75, 3.05) is 11.4 Å². The molecule has 1 saturated heterocycles. The third-order valence-electron chi connectivity index (χ3n) is 7.33. The van der Waals surface area contributed by atoms with Crippen LogP contribution in [0.15, 0.2) is 72.8 Å². The van der Waals surface area contributed by atoms with Crippen LogP contribution in [0.3, 0.4) is 0 Å². The Morgan fingerprint density at radius 3 is 2.35 bits per heavy atom. The van der Waals surface area contributed by atoms with Crippen LogP contribution in [0.2, 0.25) is 0 Å². The summed E-state index contributed by atoms with van der Waals surface area (Å²) in [6.07, 6.45) is 2.63. The van der Waals surface area contributed by atoms with E-state index in [9.17, 15) is 4.79 Å². The molecule has 5 rings (SSSR count). The van der Waals surface area contributed by atoms with Crippen molar-refractivity contribution in [3.63, 3.8) is 0 Å². The number of carbonyl (C=O) groups is 1. The molecule has 4 heteroatoms. The molecule has 174 valence electrons. The molecule has 4 aromatic rings. The van der Waals surface area contributed by atoms with Crippen molar-refractivity contribution < 1.29 is 4.79 Å². The van der Waals surface area contributed by atoms with Crippen molar-refractivity contribution in [2.45, 2.75) is 58.4 Å². The number of amides is 1. The van der Waals surface area contributed by atoms with E-state index in [2.05, 4.69) is 92.1 Å². The highest BCUT2D eigenvalue weighted by molar-refractivity contribution is 5.96. The first-order chi connectivity index (χ1) is 16.6. The summed E-state index contributed by atoms with van der Waals surface area (Å²) in [5.41, 5.74) is 7.02. The first kappa shape index (κ1) is 22.4. The quantitative estimate of drug-likeness (QED) is 0.314. The van der Waals surface area contributed by atoms with E-state index < -0.39 is 0 Å². The van der Waals surface area contributed by atoms with E-state index in [-0.39, 0.29) is 11.8 Å². The van der Waals surface area contributed by atoms with Crippen LogP contribution in [0.5, 0.6) is 0 Å². The van der Waals surface area contributed by atoms with Crippen LogP contribution in [0.25, 0.3) is 11.0 Å². The number of fused-ring (bicyclic) bond motifs is 1. The fraction of sp³-hybridized carbons (Fsp3) is 0.333. The number of carbonyl (C=O) groups excluding carboxylic acids is 1. The van der Waals surface area contributed by atoms with Gasteiger partial charge in [0.15, 0.2) is 0 Å².